The third-order valence-electron chi connectivity index (χ3n) is 2.64. The minimum Gasteiger partial charge on any atom is -0.336 e. The zero-order valence-electron chi connectivity index (χ0n) is 8.99. The van der Waals surface area contributed by atoms with Crippen LogP contribution in [0, 0.1) is 6.92 Å². The minimum absolute atomic E-state index is 0.197. The fourth-order valence-corrected chi connectivity index (χ4v) is 1.84. The molecule has 1 aromatic rings. The Labute approximate surface area is 90.1 Å². The Morgan fingerprint density at radius 3 is 3.07 bits per heavy atom. The number of aryl methyl sites for hydroxylation is 1. The molecule has 0 spiro atoms. The predicted molar refractivity (Wildman–Crippen MR) is 59.5 cm³/mol. The Kier molecular flexibility index (Phi) is 3.02. The highest BCUT2D eigenvalue weighted by atomic mass is 16.2. The van der Waals surface area contributed by atoms with Gasteiger partial charge in [-0.2, -0.15) is 0 Å². The van der Waals surface area contributed by atoms with E-state index < -0.39 is 0 Å². The van der Waals surface area contributed by atoms with E-state index in [2.05, 4.69) is 30.4 Å². The number of rotatable bonds is 2. The van der Waals surface area contributed by atoms with E-state index in [0.29, 0.717) is 6.54 Å². The molecule has 2 rings (SSSR count). The van der Waals surface area contributed by atoms with Crippen molar-refractivity contribution in [3.05, 3.63) is 35.4 Å². The lowest BCUT2D eigenvalue weighted by Crippen LogP contribution is -2.47. The molecule has 1 aliphatic rings. The van der Waals surface area contributed by atoms with Crippen molar-refractivity contribution in [1.82, 2.24) is 10.2 Å². The van der Waals surface area contributed by atoms with Crippen LogP contribution in [0.15, 0.2) is 24.3 Å². The van der Waals surface area contributed by atoms with E-state index in [0.717, 1.165) is 19.6 Å². The van der Waals surface area contributed by atoms with Gasteiger partial charge >= 0.3 is 0 Å². The van der Waals surface area contributed by atoms with Crippen LogP contribution in [0.3, 0.4) is 0 Å². The van der Waals surface area contributed by atoms with Crippen LogP contribution < -0.4 is 5.32 Å². The second-order valence-corrected chi connectivity index (χ2v) is 3.98. The fourth-order valence-electron chi connectivity index (χ4n) is 1.84. The van der Waals surface area contributed by atoms with Gasteiger partial charge in [-0.3, -0.25) is 4.79 Å². The van der Waals surface area contributed by atoms with E-state index in [4.69, 9.17) is 0 Å². The van der Waals surface area contributed by atoms with Crippen molar-refractivity contribution in [2.24, 2.45) is 0 Å². The third-order valence-corrected chi connectivity index (χ3v) is 2.64. The number of amides is 1. The first kappa shape index (κ1) is 10.2. The molecule has 1 amide bonds. The molecule has 3 nitrogen and oxygen atoms in total. The molecule has 0 unspecified atom stereocenters. The van der Waals surface area contributed by atoms with Gasteiger partial charge in [0.1, 0.15) is 0 Å². The van der Waals surface area contributed by atoms with Crippen LogP contribution in [0.1, 0.15) is 11.1 Å². The molecule has 1 aromatic carbocycles. The molecule has 1 saturated heterocycles. The Morgan fingerprint density at radius 2 is 2.33 bits per heavy atom. The molecule has 0 atom stereocenters. The van der Waals surface area contributed by atoms with E-state index in [-0.39, 0.29) is 5.91 Å². The van der Waals surface area contributed by atoms with E-state index in [1.165, 1.54) is 11.1 Å². The van der Waals surface area contributed by atoms with Crippen molar-refractivity contribution >= 4 is 5.91 Å². The number of carbonyl (C=O) groups is 1. The monoisotopic (exact) mass is 204 g/mol. The summed E-state index contributed by atoms with van der Waals surface area (Å²) in [6.07, 6.45) is 0. The average Bonchev–Trinajstić information content (AvgIpc) is 2.22. The van der Waals surface area contributed by atoms with Gasteiger partial charge < -0.3 is 10.2 Å². The minimum atomic E-state index is 0.197. The highest BCUT2D eigenvalue weighted by Gasteiger charge is 2.17. The van der Waals surface area contributed by atoms with Crippen molar-refractivity contribution in [2.45, 2.75) is 13.5 Å². The summed E-state index contributed by atoms with van der Waals surface area (Å²) in [5, 5.41) is 3.07. The van der Waals surface area contributed by atoms with E-state index >= 15 is 0 Å². The number of nitrogens with zero attached hydrogens (tertiary/aromatic N) is 1. The molecule has 0 saturated carbocycles. The zero-order valence-corrected chi connectivity index (χ0v) is 8.99. The lowest BCUT2D eigenvalue weighted by molar-refractivity contribution is -0.132. The van der Waals surface area contributed by atoms with Crippen LogP contribution >= 0.6 is 0 Å². The van der Waals surface area contributed by atoms with Gasteiger partial charge in [-0.05, 0) is 12.5 Å². The van der Waals surface area contributed by atoms with Crippen LogP contribution in [-0.2, 0) is 11.3 Å². The Morgan fingerprint density at radius 1 is 1.47 bits per heavy atom. The van der Waals surface area contributed by atoms with Crippen molar-refractivity contribution < 1.29 is 4.79 Å². The summed E-state index contributed by atoms with van der Waals surface area (Å²) in [5.41, 5.74) is 2.46. The van der Waals surface area contributed by atoms with Gasteiger partial charge in [-0.25, -0.2) is 0 Å². The molecule has 1 aliphatic heterocycles. The SMILES string of the molecule is Cc1cccc(CN2CCNCC2=O)c1. The summed E-state index contributed by atoms with van der Waals surface area (Å²) in [6.45, 7) is 5.00. The molecule has 0 aromatic heterocycles. The van der Waals surface area contributed by atoms with E-state index in [1.54, 1.807) is 0 Å². The van der Waals surface area contributed by atoms with Gasteiger partial charge in [0.05, 0.1) is 6.54 Å². The number of nitrogens with one attached hydrogen (secondary N) is 1. The van der Waals surface area contributed by atoms with Gasteiger partial charge in [0.2, 0.25) is 5.91 Å². The topological polar surface area (TPSA) is 32.3 Å². The highest BCUT2D eigenvalue weighted by molar-refractivity contribution is 5.78. The Bertz CT molecular complexity index is 362. The Balaban J connectivity index is 2.04. The first-order valence-electron chi connectivity index (χ1n) is 5.30. The molecule has 0 bridgehead atoms. The molecule has 1 fully saturated rings. The highest BCUT2D eigenvalue weighted by Crippen LogP contribution is 2.08. The fraction of sp³-hybridized carbons (Fsp3) is 0.417. The normalized spacial score (nSPS) is 16.9. The quantitative estimate of drug-likeness (QED) is 0.777. The first-order chi connectivity index (χ1) is 7.25. The number of hydrogen-bond acceptors (Lipinski definition) is 2. The molecule has 0 aliphatic carbocycles. The molecular formula is C12H16N2O. The van der Waals surface area contributed by atoms with E-state index in [9.17, 15) is 4.79 Å². The average molecular weight is 204 g/mol. The maximum atomic E-state index is 11.5. The lowest BCUT2D eigenvalue weighted by atomic mass is 10.1. The maximum Gasteiger partial charge on any atom is 0.236 e. The smallest absolute Gasteiger partial charge is 0.236 e. The van der Waals surface area contributed by atoms with Gasteiger partial charge in [-0.15, -0.1) is 0 Å². The molecule has 3 heteroatoms. The summed E-state index contributed by atoms with van der Waals surface area (Å²) in [5.74, 6) is 0.197. The van der Waals surface area contributed by atoms with Crippen molar-refractivity contribution in [2.75, 3.05) is 19.6 Å². The van der Waals surface area contributed by atoms with Gasteiger partial charge in [0.25, 0.3) is 0 Å². The van der Waals surface area contributed by atoms with Gasteiger partial charge in [0, 0.05) is 19.6 Å². The summed E-state index contributed by atoms with van der Waals surface area (Å²) in [7, 11) is 0. The number of benzene rings is 1. The van der Waals surface area contributed by atoms with Crippen molar-refractivity contribution in [3.63, 3.8) is 0 Å². The number of hydrogen-bond donors (Lipinski definition) is 1. The summed E-state index contributed by atoms with van der Waals surface area (Å²) >= 11 is 0. The molecule has 15 heavy (non-hydrogen) atoms. The third kappa shape index (κ3) is 2.57. The van der Waals surface area contributed by atoms with Crippen molar-refractivity contribution in [1.29, 1.82) is 0 Å². The summed E-state index contributed by atoms with van der Waals surface area (Å²) < 4.78 is 0. The molecule has 1 heterocycles. The predicted octanol–water partition coefficient (Wildman–Crippen LogP) is 0.927. The van der Waals surface area contributed by atoms with Gasteiger partial charge in [-0.1, -0.05) is 29.8 Å². The van der Waals surface area contributed by atoms with E-state index in [1.807, 2.05) is 11.0 Å². The second kappa shape index (κ2) is 4.45. The van der Waals surface area contributed by atoms with Crippen molar-refractivity contribution in [3.8, 4) is 0 Å². The first-order valence-corrected chi connectivity index (χ1v) is 5.30. The van der Waals surface area contributed by atoms with Crippen LogP contribution in [0.4, 0.5) is 0 Å². The van der Waals surface area contributed by atoms with Crippen LogP contribution in [0.2, 0.25) is 0 Å². The largest absolute Gasteiger partial charge is 0.336 e. The standard InChI is InChI=1S/C12H16N2O/c1-10-3-2-4-11(7-10)9-14-6-5-13-8-12(14)15/h2-4,7,13H,5-6,8-9H2,1H3. The van der Waals surface area contributed by atoms with Crippen LogP contribution in [-0.4, -0.2) is 30.4 Å². The zero-order chi connectivity index (χ0) is 10.7. The number of piperazine rings is 1. The Hall–Kier alpha value is -1.35. The molecule has 0 radical (unpaired) electrons. The van der Waals surface area contributed by atoms with Crippen LogP contribution in [0.5, 0.6) is 0 Å². The molecule has 80 valence electrons. The molecule has 1 N–H and O–H groups in total. The second-order valence-electron chi connectivity index (χ2n) is 3.98. The maximum absolute atomic E-state index is 11.5. The number of carbonyl (C=O) groups excluding carboxylic acids is 1. The van der Waals surface area contributed by atoms with Crippen LogP contribution in [0.25, 0.3) is 0 Å². The summed E-state index contributed by atoms with van der Waals surface area (Å²) in [4.78, 5) is 13.5. The lowest BCUT2D eigenvalue weighted by Gasteiger charge is -2.27. The summed E-state index contributed by atoms with van der Waals surface area (Å²) in [6, 6.07) is 8.32. The van der Waals surface area contributed by atoms with Gasteiger partial charge in [0.15, 0.2) is 0 Å². The molecular weight excluding hydrogens is 188 g/mol.